The minimum absolute atomic E-state index is 0.364. The third kappa shape index (κ3) is 4.87. The lowest BCUT2D eigenvalue weighted by Gasteiger charge is -2.43. The van der Waals surface area contributed by atoms with Crippen LogP contribution < -0.4 is 15.5 Å². The van der Waals surface area contributed by atoms with Crippen LogP contribution in [0, 0.1) is 11.8 Å². The number of anilines is 3. The normalized spacial score (nSPS) is 20.1. The number of halogens is 1. The van der Waals surface area contributed by atoms with Crippen molar-refractivity contribution in [1.29, 1.82) is 0 Å². The standard InChI is InChI=1S/C23H28ClN5O2/c1-3-30-22(31-4-2)11-8-16-6-5-7-17(12-16)29-18-9-10-19(29)15-28(14-18)20-13-21(24)26-27-23(20)25/h5-7,12-13,18-19,22H,3-4,9-10,14-15H2,1-2H3,(H2,25,27). The summed E-state index contributed by atoms with van der Waals surface area (Å²) in [5.41, 5.74) is 9.10. The Balaban J connectivity index is 1.52. The monoisotopic (exact) mass is 441 g/mol. The van der Waals surface area contributed by atoms with E-state index in [0.717, 1.165) is 37.2 Å². The SMILES string of the molecule is CCOC(C#Cc1cccc(N2C3CCC2CN(c2cc(Cl)nnc2N)C3)c1)OCC. The smallest absolute Gasteiger partial charge is 0.222 e. The van der Waals surface area contributed by atoms with Crippen LogP contribution in [0.2, 0.25) is 5.15 Å². The number of hydrogen-bond acceptors (Lipinski definition) is 7. The van der Waals surface area contributed by atoms with Crippen molar-refractivity contribution in [3.05, 3.63) is 41.0 Å². The van der Waals surface area contributed by atoms with Gasteiger partial charge in [0.2, 0.25) is 6.29 Å². The van der Waals surface area contributed by atoms with Gasteiger partial charge in [-0.1, -0.05) is 23.6 Å². The summed E-state index contributed by atoms with van der Waals surface area (Å²) in [6.45, 7) is 6.75. The van der Waals surface area contributed by atoms with Gasteiger partial charge in [-0.2, -0.15) is 0 Å². The predicted octanol–water partition coefficient (Wildman–Crippen LogP) is 3.32. The van der Waals surface area contributed by atoms with Crippen LogP contribution in [0.25, 0.3) is 0 Å². The fraction of sp³-hybridized carbons (Fsp3) is 0.478. The molecule has 31 heavy (non-hydrogen) atoms. The van der Waals surface area contributed by atoms with Gasteiger partial charge in [-0.25, -0.2) is 0 Å². The molecule has 0 spiro atoms. The summed E-state index contributed by atoms with van der Waals surface area (Å²) >= 11 is 6.06. The molecular weight excluding hydrogens is 414 g/mol. The predicted molar refractivity (Wildman–Crippen MR) is 123 cm³/mol. The quantitative estimate of drug-likeness (QED) is 0.544. The molecule has 2 aliphatic rings. The van der Waals surface area contributed by atoms with E-state index in [1.54, 1.807) is 0 Å². The molecule has 2 aromatic rings. The van der Waals surface area contributed by atoms with Crippen molar-refractivity contribution >= 4 is 28.8 Å². The lowest BCUT2D eigenvalue weighted by Crippen LogP contribution is -2.54. The maximum Gasteiger partial charge on any atom is 0.222 e. The number of aromatic nitrogens is 2. The molecule has 2 fully saturated rings. The van der Waals surface area contributed by atoms with Gasteiger partial charge in [-0.05, 0) is 50.8 Å². The highest BCUT2D eigenvalue weighted by atomic mass is 35.5. The molecule has 1 aromatic heterocycles. The van der Waals surface area contributed by atoms with Crippen LogP contribution in [-0.2, 0) is 9.47 Å². The second-order valence-corrected chi connectivity index (χ2v) is 8.08. The Morgan fingerprint density at radius 1 is 1.13 bits per heavy atom. The third-order valence-electron chi connectivity index (χ3n) is 5.71. The fourth-order valence-corrected chi connectivity index (χ4v) is 4.60. The zero-order valence-corrected chi connectivity index (χ0v) is 18.7. The fourth-order valence-electron chi connectivity index (χ4n) is 4.46. The van der Waals surface area contributed by atoms with Gasteiger partial charge >= 0.3 is 0 Å². The van der Waals surface area contributed by atoms with Gasteiger partial charge in [-0.15, -0.1) is 10.2 Å². The average molecular weight is 442 g/mol. The van der Waals surface area contributed by atoms with E-state index in [2.05, 4.69) is 50.0 Å². The summed E-state index contributed by atoms with van der Waals surface area (Å²) in [5, 5.41) is 8.18. The van der Waals surface area contributed by atoms with Gasteiger partial charge < -0.3 is 25.0 Å². The Kier molecular flexibility index (Phi) is 6.81. The van der Waals surface area contributed by atoms with Crippen molar-refractivity contribution in [2.24, 2.45) is 0 Å². The second-order valence-electron chi connectivity index (χ2n) is 7.70. The molecule has 3 heterocycles. The summed E-state index contributed by atoms with van der Waals surface area (Å²) in [6.07, 6.45) is 1.78. The first-order valence-corrected chi connectivity index (χ1v) is 11.1. The van der Waals surface area contributed by atoms with Crippen molar-refractivity contribution < 1.29 is 9.47 Å². The molecule has 2 aliphatic heterocycles. The molecule has 7 nitrogen and oxygen atoms in total. The molecule has 2 N–H and O–H groups in total. The van der Waals surface area contributed by atoms with Gasteiger partial charge in [-0.3, -0.25) is 0 Å². The van der Waals surface area contributed by atoms with Crippen molar-refractivity contribution in [3.8, 4) is 11.8 Å². The first-order chi connectivity index (χ1) is 15.1. The van der Waals surface area contributed by atoms with Crippen LogP contribution in [0.1, 0.15) is 32.3 Å². The lowest BCUT2D eigenvalue weighted by molar-refractivity contribution is -0.0969. The zero-order valence-electron chi connectivity index (χ0n) is 17.9. The van der Waals surface area contributed by atoms with Crippen LogP contribution >= 0.6 is 11.6 Å². The number of nitrogens with zero attached hydrogens (tertiary/aromatic N) is 4. The number of fused-ring (bicyclic) bond motifs is 2. The molecule has 2 bridgehead atoms. The summed E-state index contributed by atoms with van der Waals surface area (Å²) in [6, 6.07) is 11.0. The van der Waals surface area contributed by atoms with Gasteiger partial charge in [0.1, 0.15) is 0 Å². The van der Waals surface area contributed by atoms with Crippen LogP contribution in [-0.4, -0.2) is 54.9 Å². The van der Waals surface area contributed by atoms with Crippen LogP contribution in [0.5, 0.6) is 0 Å². The molecule has 0 saturated carbocycles. The highest BCUT2D eigenvalue weighted by Gasteiger charge is 2.40. The molecule has 2 unspecified atom stereocenters. The summed E-state index contributed by atoms with van der Waals surface area (Å²) in [4.78, 5) is 4.81. The first kappa shape index (κ1) is 21.7. The van der Waals surface area contributed by atoms with Crippen LogP contribution in [0.4, 0.5) is 17.2 Å². The Labute approximate surface area is 188 Å². The van der Waals surface area contributed by atoms with Gasteiger partial charge in [0, 0.05) is 55.7 Å². The maximum atomic E-state index is 6.07. The van der Waals surface area contributed by atoms with Crippen LogP contribution in [0.15, 0.2) is 30.3 Å². The minimum Gasteiger partial charge on any atom is -0.380 e. The highest BCUT2D eigenvalue weighted by molar-refractivity contribution is 6.29. The van der Waals surface area contributed by atoms with E-state index in [-0.39, 0.29) is 0 Å². The number of ether oxygens (including phenoxy) is 2. The van der Waals surface area contributed by atoms with E-state index in [0.29, 0.717) is 36.3 Å². The minimum atomic E-state index is -0.496. The Morgan fingerprint density at radius 2 is 1.84 bits per heavy atom. The maximum absolute atomic E-state index is 6.07. The molecule has 164 valence electrons. The molecule has 0 radical (unpaired) electrons. The van der Waals surface area contributed by atoms with Gasteiger partial charge in [0.15, 0.2) is 11.0 Å². The van der Waals surface area contributed by atoms with Gasteiger partial charge in [0.05, 0.1) is 5.69 Å². The average Bonchev–Trinajstić information content (AvgIpc) is 3.04. The van der Waals surface area contributed by atoms with Crippen molar-refractivity contribution in [1.82, 2.24) is 10.2 Å². The number of nitrogen functional groups attached to an aromatic ring is 1. The Morgan fingerprint density at radius 3 is 2.52 bits per heavy atom. The Bertz CT molecular complexity index is 956. The molecule has 2 saturated heterocycles. The number of piperazine rings is 1. The Hall–Kier alpha value is -2.53. The first-order valence-electron chi connectivity index (χ1n) is 10.8. The number of nitrogens with two attached hydrogens (primary N) is 1. The van der Waals surface area contributed by atoms with Crippen molar-refractivity contribution in [3.63, 3.8) is 0 Å². The second kappa shape index (κ2) is 9.73. The summed E-state index contributed by atoms with van der Waals surface area (Å²) in [7, 11) is 0. The van der Waals surface area contributed by atoms with E-state index in [1.165, 1.54) is 5.69 Å². The molecule has 2 atom stereocenters. The summed E-state index contributed by atoms with van der Waals surface area (Å²) < 4.78 is 11.1. The van der Waals surface area contributed by atoms with Crippen molar-refractivity contribution in [2.45, 2.75) is 45.1 Å². The van der Waals surface area contributed by atoms with Gasteiger partial charge in [0.25, 0.3) is 0 Å². The topological polar surface area (TPSA) is 76.7 Å². The molecule has 0 aliphatic carbocycles. The largest absolute Gasteiger partial charge is 0.380 e. The molecule has 8 heteroatoms. The van der Waals surface area contributed by atoms with E-state index in [9.17, 15) is 0 Å². The third-order valence-corrected chi connectivity index (χ3v) is 5.89. The van der Waals surface area contributed by atoms with Crippen LogP contribution in [0.3, 0.4) is 0 Å². The highest BCUT2D eigenvalue weighted by Crippen LogP contribution is 2.38. The number of benzene rings is 1. The summed E-state index contributed by atoms with van der Waals surface area (Å²) in [5.74, 6) is 6.72. The van der Waals surface area contributed by atoms with E-state index in [1.807, 2.05) is 26.0 Å². The number of rotatable bonds is 6. The van der Waals surface area contributed by atoms with E-state index < -0.39 is 6.29 Å². The molecular formula is C23H28ClN5O2. The van der Waals surface area contributed by atoms with Crippen molar-refractivity contribution in [2.75, 3.05) is 41.8 Å². The molecule has 1 aromatic carbocycles. The number of hydrogen-bond donors (Lipinski definition) is 1. The lowest BCUT2D eigenvalue weighted by atomic mass is 10.1. The van der Waals surface area contributed by atoms with E-state index in [4.69, 9.17) is 26.8 Å². The molecule has 0 amide bonds. The van der Waals surface area contributed by atoms with E-state index >= 15 is 0 Å². The molecule has 4 rings (SSSR count). The zero-order chi connectivity index (χ0) is 21.8.